The van der Waals surface area contributed by atoms with Crippen LogP contribution in [0, 0.1) is 24.4 Å². The molecular weight excluding hydrogens is 303 g/mol. The summed E-state index contributed by atoms with van der Waals surface area (Å²) in [5.41, 5.74) is 0.462. The summed E-state index contributed by atoms with van der Waals surface area (Å²) in [5.74, 6) is -5.42. The van der Waals surface area contributed by atoms with E-state index in [1.807, 2.05) is 0 Å². The van der Waals surface area contributed by atoms with Gasteiger partial charge < -0.3 is 4.18 Å². The van der Waals surface area contributed by atoms with Gasteiger partial charge in [0.05, 0.1) is 5.69 Å². The molecule has 0 fully saturated rings. The van der Waals surface area contributed by atoms with Crippen molar-refractivity contribution in [3.63, 3.8) is 0 Å². The quantitative estimate of drug-likeness (QED) is 0.646. The average Bonchev–Trinajstić information content (AvgIpc) is 2.73. The molecule has 0 unspecified atom stereocenters. The lowest BCUT2D eigenvalue weighted by Gasteiger charge is -2.05. The number of rotatable bonds is 3. The molecule has 2 rings (SSSR count). The topological polar surface area (TPSA) is 56.3 Å². The molecule has 0 spiro atoms. The normalized spacial score (nSPS) is 11.6. The number of hydrogen-bond acceptors (Lipinski definition) is 5. The molecule has 0 radical (unpaired) electrons. The average molecular weight is 309 g/mol. The SMILES string of the molecule is Cc1cc(S(=O)(=O)Oc2cc(F)c(F)c(F)c2)sn1. The van der Waals surface area contributed by atoms with Gasteiger partial charge >= 0.3 is 10.1 Å². The fraction of sp³-hybridized carbons (Fsp3) is 0.100. The molecular formula is C10H6F3NO3S2. The maximum absolute atomic E-state index is 12.9. The lowest BCUT2D eigenvalue weighted by molar-refractivity contribution is 0.433. The number of halogens is 3. The van der Waals surface area contributed by atoms with Gasteiger partial charge in [-0.25, -0.2) is 13.2 Å². The summed E-state index contributed by atoms with van der Waals surface area (Å²) >= 11 is 0.663. The minimum atomic E-state index is -4.24. The van der Waals surface area contributed by atoms with E-state index in [9.17, 15) is 21.6 Å². The van der Waals surface area contributed by atoms with E-state index in [0.717, 1.165) is 0 Å². The summed E-state index contributed by atoms with van der Waals surface area (Å²) in [4.78, 5) is 0. The fourth-order valence-electron chi connectivity index (χ4n) is 1.21. The van der Waals surface area contributed by atoms with Gasteiger partial charge in [-0.15, -0.1) is 0 Å². The highest BCUT2D eigenvalue weighted by Gasteiger charge is 2.21. The molecule has 0 aliphatic rings. The van der Waals surface area contributed by atoms with Crippen molar-refractivity contribution in [3.05, 3.63) is 41.3 Å². The monoisotopic (exact) mass is 309 g/mol. The van der Waals surface area contributed by atoms with Crippen molar-refractivity contribution in [2.75, 3.05) is 0 Å². The summed E-state index contributed by atoms with van der Waals surface area (Å²) in [6.45, 7) is 1.58. The van der Waals surface area contributed by atoms with Crippen LogP contribution < -0.4 is 4.18 Å². The first-order valence-corrected chi connectivity index (χ1v) is 7.00. The number of benzene rings is 1. The Hall–Kier alpha value is -1.61. The molecule has 102 valence electrons. The van der Waals surface area contributed by atoms with E-state index < -0.39 is 33.3 Å². The maximum Gasteiger partial charge on any atom is 0.350 e. The van der Waals surface area contributed by atoms with Gasteiger partial charge in [-0.3, -0.25) is 0 Å². The molecule has 0 aliphatic carbocycles. The van der Waals surface area contributed by atoms with Gasteiger partial charge in [-0.05, 0) is 24.5 Å². The minimum absolute atomic E-state index is 0.213. The van der Waals surface area contributed by atoms with Crippen LogP contribution in [-0.2, 0) is 10.1 Å². The third-order valence-electron chi connectivity index (χ3n) is 2.02. The van der Waals surface area contributed by atoms with Gasteiger partial charge in [0.25, 0.3) is 0 Å². The van der Waals surface area contributed by atoms with Crippen molar-refractivity contribution in [1.29, 1.82) is 0 Å². The van der Waals surface area contributed by atoms with E-state index in [1.165, 1.54) is 6.07 Å². The van der Waals surface area contributed by atoms with Crippen LogP contribution in [-0.4, -0.2) is 12.8 Å². The summed E-state index contributed by atoms with van der Waals surface area (Å²) in [6.07, 6.45) is 0. The van der Waals surface area contributed by atoms with Crippen molar-refractivity contribution >= 4 is 21.7 Å². The number of nitrogens with zero attached hydrogens (tertiary/aromatic N) is 1. The molecule has 0 saturated carbocycles. The summed E-state index contributed by atoms with van der Waals surface area (Å²) in [5, 5.41) is 0. The Kier molecular flexibility index (Phi) is 3.50. The third-order valence-corrected chi connectivity index (χ3v) is 4.55. The second-order valence-corrected chi connectivity index (χ2v) is 6.10. The number of aromatic nitrogens is 1. The van der Waals surface area contributed by atoms with Crippen LogP contribution in [0.1, 0.15) is 5.69 Å². The van der Waals surface area contributed by atoms with Gasteiger partial charge in [0.2, 0.25) is 0 Å². The van der Waals surface area contributed by atoms with Gasteiger partial charge in [0.15, 0.2) is 21.7 Å². The van der Waals surface area contributed by atoms with Crippen molar-refractivity contribution in [2.24, 2.45) is 0 Å². The van der Waals surface area contributed by atoms with E-state index in [1.54, 1.807) is 6.92 Å². The highest BCUT2D eigenvalue weighted by Crippen LogP contribution is 2.25. The summed E-state index contributed by atoms with van der Waals surface area (Å²) in [6, 6.07) is 2.14. The van der Waals surface area contributed by atoms with Gasteiger partial charge in [0, 0.05) is 12.1 Å². The highest BCUT2D eigenvalue weighted by atomic mass is 32.3. The van der Waals surface area contributed by atoms with Crippen LogP contribution in [0.4, 0.5) is 13.2 Å². The lowest BCUT2D eigenvalue weighted by atomic mass is 10.3. The molecule has 0 amide bonds. The molecule has 0 aliphatic heterocycles. The Balaban J connectivity index is 2.36. The molecule has 1 aromatic heterocycles. The minimum Gasteiger partial charge on any atom is -0.378 e. The van der Waals surface area contributed by atoms with Gasteiger partial charge in [0.1, 0.15) is 5.75 Å². The first-order valence-electron chi connectivity index (χ1n) is 4.82. The van der Waals surface area contributed by atoms with Crippen molar-refractivity contribution in [2.45, 2.75) is 11.1 Å². The van der Waals surface area contributed by atoms with Gasteiger partial charge in [-0.2, -0.15) is 12.8 Å². The molecule has 0 N–H and O–H groups in total. The van der Waals surface area contributed by atoms with Gasteiger partial charge in [-0.1, -0.05) is 0 Å². The Morgan fingerprint density at radius 2 is 1.74 bits per heavy atom. The Bertz CT molecular complexity index is 704. The molecule has 0 bridgehead atoms. The lowest BCUT2D eigenvalue weighted by Crippen LogP contribution is -2.09. The van der Waals surface area contributed by atoms with E-state index in [2.05, 4.69) is 8.56 Å². The second-order valence-electron chi connectivity index (χ2n) is 3.53. The standard InChI is InChI=1S/C10H6F3NO3S2/c1-5-2-9(18-14-5)19(15,16)17-6-3-7(11)10(13)8(12)4-6/h2-4H,1H3. The highest BCUT2D eigenvalue weighted by molar-refractivity contribution is 7.89. The molecule has 1 aromatic carbocycles. The zero-order valence-corrected chi connectivity index (χ0v) is 11.0. The Morgan fingerprint density at radius 3 is 2.21 bits per heavy atom. The van der Waals surface area contributed by atoms with E-state index >= 15 is 0 Å². The van der Waals surface area contributed by atoms with Crippen molar-refractivity contribution in [1.82, 2.24) is 4.37 Å². The van der Waals surface area contributed by atoms with Crippen LogP contribution in [0.25, 0.3) is 0 Å². The zero-order valence-electron chi connectivity index (χ0n) is 9.35. The Labute approximate surface area is 110 Å². The Morgan fingerprint density at radius 1 is 1.16 bits per heavy atom. The molecule has 4 nitrogen and oxygen atoms in total. The summed E-state index contributed by atoms with van der Waals surface area (Å²) < 4.78 is 70.1. The van der Waals surface area contributed by atoms with E-state index in [-0.39, 0.29) is 4.21 Å². The predicted octanol–water partition coefficient (Wildman–Crippen LogP) is 2.64. The molecule has 2 aromatic rings. The number of hydrogen-bond donors (Lipinski definition) is 0. The summed E-state index contributed by atoms with van der Waals surface area (Å²) in [7, 11) is -4.24. The van der Waals surface area contributed by atoms with Crippen molar-refractivity contribution in [3.8, 4) is 5.75 Å². The molecule has 0 atom stereocenters. The molecule has 1 heterocycles. The maximum atomic E-state index is 12.9. The predicted molar refractivity (Wildman–Crippen MR) is 61.0 cm³/mol. The van der Waals surface area contributed by atoms with E-state index in [0.29, 0.717) is 29.4 Å². The molecule has 19 heavy (non-hydrogen) atoms. The largest absolute Gasteiger partial charge is 0.378 e. The molecule has 0 saturated heterocycles. The van der Waals surface area contributed by atoms with Crippen LogP contribution in [0.3, 0.4) is 0 Å². The zero-order chi connectivity index (χ0) is 14.2. The van der Waals surface area contributed by atoms with E-state index in [4.69, 9.17) is 0 Å². The smallest absolute Gasteiger partial charge is 0.350 e. The second kappa shape index (κ2) is 4.82. The van der Waals surface area contributed by atoms with Crippen LogP contribution in [0.15, 0.2) is 22.4 Å². The van der Waals surface area contributed by atoms with Crippen molar-refractivity contribution < 1.29 is 25.8 Å². The van der Waals surface area contributed by atoms with Crippen LogP contribution in [0.2, 0.25) is 0 Å². The first kappa shape index (κ1) is 13.8. The third kappa shape index (κ3) is 2.87. The fourth-order valence-corrected chi connectivity index (χ4v) is 3.04. The number of aryl methyl sites for hydroxylation is 1. The first-order chi connectivity index (χ1) is 8.79. The van der Waals surface area contributed by atoms with Crippen LogP contribution in [0.5, 0.6) is 5.75 Å². The van der Waals surface area contributed by atoms with Crippen LogP contribution >= 0.6 is 11.5 Å². The molecule has 9 heteroatoms.